The van der Waals surface area contributed by atoms with Gasteiger partial charge in [0.2, 0.25) is 5.91 Å². The highest BCUT2D eigenvalue weighted by atomic mass is 16.3. The van der Waals surface area contributed by atoms with E-state index in [2.05, 4.69) is 26.6 Å². The fourth-order valence-corrected chi connectivity index (χ4v) is 7.27. The van der Waals surface area contributed by atoms with E-state index in [1.54, 1.807) is 60.7 Å². The first-order valence-electron chi connectivity index (χ1n) is 21.0. The third-order valence-electron chi connectivity index (χ3n) is 10.7. The number of rotatable bonds is 27. The normalized spacial score (nSPS) is 13.9. The second kappa shape index (κ2) is 24.6. The number of aromatic hydroxyl groups is 5. The van der Waals surface area contributed by atoms with Gasteiger partial charge in [0.05, 0.1) is 0 Å². The van der Waals surface area contributed by atoms with Crippen molar-refractivity contribution >= 4 is 5.91 Å². The Labute approximate surface area is 359 Å². The molecule has 14 N–H and O–H groups in total. The Kier molecular flexibility index (Phi) is 18.7. The monoisotopic (exact) mass is 833 g/mol. The Morgan fingerprint density at radius 3 is 0.967 bits per heavy atom. The van der Waals surface area contributed by atoms with Crippen LogP contribution in [0.15, 0.2) is 121 Å². The fourth-order valence-electron chi connectivity index (χ4n) is 7.27. The zero-order valence-corrected chi connectivity index (χ0v) is 34.7. The van der Waals surface area contributed by atoms with E-state index in [1.165, 1.54) is 0 Å². The van der Waals surface area contributed by atoms with Gasteiger partial charge in [-0.15, -0.1) is 0 Å². The minimum absolute atomic E-state index is 0.000371. The van der Waals surface area contributed by atoms with E-state index in [0.29, 0.717) is 71.4 Å². The summed E-state index contributed by atoms with van der Waals surface area (Å²) < 4.78 is 0. The number of primary amides is 1. The van der Waals surface area contributed by atoms with Crippen molar-refractivity contribution in [2.75, 3.05) is 39.3 Å². The van der Waals surface area contributed by atoms with Crippen LogP contribution in [0.4, 0.5) is 0 Å². The molecule has 5 aromatic carbocycles. The molecule has 1 amide bonds. The predicted molar refractivity (Wildman–Crippen MR) is 241 cm³/mol. The molecule has 0 bridgehead atoms. The Balaban J connectivity index is 1.30. The minimum atomic E-state index is -0.360. The number of carbonyl (C=O) groups excluding carboxylic acids is 1. The highest BCUT2D eigenvalue weighted by Gasteiger charge is 2.20. The van der Waals surface area contributed by atoms with Gasteiger partial charge >= 0.3 is 0 Å². The molecule has 0 heterocycles. The van der Waals surface area contributed by atoms with Gasteiger partial charge in [0, 0.05) is 75.9 Å². The lowest BCUT2D eigenvalue weighted by Gasteiger charge is -2.29. The average Bonchev–Trinajstić information content (AvgIpc) is 3.24. The fraction of sp³-hybridized carbons (Fsp3) is 0.354. The first-order chi connectivity index (χ1) is 29.4. The number of amides is 1. The van der Waals surface area contributed by atoms with Crippen LogP contribution in [0.5, 0.6) is 28.7 Å². The van der Waals surface area contributed by atoms with Gasteiger partial charge in [-0.3, -0.25) is 4.79 Å². The summed E-state index contributed by atoms with van der Waals surface area (Å²) >= 11 is 0. The van der Waals surface area contributed by atoms with Gasteiger partial charge in [0.15, 0.2) is 0 Å². The predicted octanol–water partition coefficient (Wildman–Crippen LogP) is 3.35. The molecule has 61 heavy (non-hydrogen) atoms. The maximum atomic E-state index is 11.4. The summed E-state index contributed by atoms with van der Waals surface area (Å²) in [6, 6.07) is 35.9. The van der Waals surface area contributed by atoms with E-state index >= 15 is 0 Å². The smallest absolute Gasteiger partial charge is 0.218 e. The molecule has 0 aliphatic carbocycles. The number of hydrogen-bond donors (Lipinski definition) is 12. The number of phenolic OH excluding ortho intramolecular Hbond substituents is 5. The average molecular weight is 834 g/mol. The largest absolute Gasteiger partial charge is 0.508 e. The van der Waals surface area contributed by atoms with Gasteiger partial charge in [-0.25, -0.2) is 0 Å². The van der Waals surface area contributed by atoms with Gasteiger partial charge in [0.1, 0.15) is 28.7 Å². The van der Waals surface area contributed by atoms with Crippen LogP contribution in [-0.4, -0.2) is 101 Å². The molecule has 0 aromatic heterocycles. The van der Waals surface area contributed by atoms with E-state index in [0.717, 1.165) is 27.8 Å². The summed E-state index contributed by atoms with van der Waals surface area (Å²) in [5.74, 6) is 0.691. The van der Waals surface area contributed by atoms with Gasteiger partial charge in [-0.2, -0.15) is 0 Å². The van der Waals surface area contributed by atoms with Crippen molar-refractivity contribution < 1.29 is 30.3 Å². The van der Waals surface area contributed by atoms with Crippen molar-refractivity contribution in [2.45, 2.75) is 68.7 Å². The van der Waals surface area contributed by atoms with E-state index in [-0.39, 0.29) is 71.3 Å². The minimum Gasteiger partial charge on any atom is -0.508 e. The Bertz CT molecular complexity index is 2000. The molecule has 5 atom stereocenters. The maximum Gasteiger partial charge on any atom is 0.218 e. The van der Waals surface area contributed by atoms with Gasteiger partial charge in [0.25, 0.3) is 0 Å². The molecule has 0 fully saturated rings. The number of nitrogens with two attached hydrogens (primary N) is 2. The third-order valence-corrected chi connectivity index (χ3v) is 10.7. The number of phenols is 5. The van der Waals surface area contributed by atoms with Crippen LogP contribution in [0.25, 0.3) is 0 Å². The second-order valence-electron chi connectivity index (χ2n) is 16.0. The van der Waals surface area contributed by atoms with E-state index in [9.17, 15) is 30.3 Å². The Morgan fingerprint density at radius 2 is 0.672 bits per heavy atom. The van der Waals surface area contributed by atoms with Crippen LogP contribution in [0.2, 0.25) is 0 Å². The molecular weight excluding hydrogens is 771 g/mol. The molecule has 13 nitrogen and oxygen atoms in total. The van der Waals surface area contributed by atoms with Crippen molar-refractivity contribution in [1.29, 1.82) is 0 Å². The lowest BCUT2D eigenvalue weighted by molar-refractivity contribution is -0.117. The zero-order valence-electron chi connectivity index (χ0n) is 34.7. The summed E-state index contributed by atoms with van der Waals surface area (Å²) in [4.78, 5) is 11.4. The lowest BCUT2D eigenvalue weighted by Crippen LogP contribution is -2.53. The second-order valence-corrected chi connectivity index (χ2v) is 16.0. The van der Waals surface area contributed by atoms with Gasteiger partial charge in [-0.1, -0.05) is 60.7 Å². The highest BCUT2D eigenvalue weighted by Crippen LogP contribution is 2.16. The zero-order chi connectivity index (χ0) is 43.4. The van der Waals surface area contributed by atoms with E-state index in [4.69, 9.17) is 11.5 Å². The maximum absolute atomic E-state index is 11.4. The van der Waals surface area contributed by atoms with E-state index in [1.807, 2.05) is 60.7 Å². The molecular formula is C48H63N7O6. The van der Waals surface area contributed by atoms with Crippen LogP contribution in [0.1, 0.15) is 34.2 Å². The third kappa shape index (κ3) is 17.8. The Morgan fingerprint density at radius 1 is 0.410 bits per heavy atom. The highest BCUT2D eigenvalue weighted by molar-refractivity contribution is 5.73. The topological polar surface area (TPSA) is 230 Å². The van der Waals surface area contributed by atoms with Crippen molar-refractivity contribution in [2.24, 2.45) is 11.5 Å². The first-order valence-corrected chi connectivity index (χ1v) is 21.0. The molecule has 0 saturated heterocycles. The summed E-state index contributed by atoms with van der Waals surface area (Å²) in [6.07, 6.45) is 3.65. The first kappa shape index (κ1) is 46.4. The molecule has 326 valence electrons. The lowest BCUT2D eigenvalue weighted by atomic mass is 10.0. The molecule has 0 spiro atoms. The Hall–Kier alpha value is -5.67. The van der Waals surface area contributed by atoms with Crippen molar-refractivity contribution in [3.8, 4) is 28.7 Å². The molecule has 1 unspecified atom stereocenters. The molecule has 0 saturated carbocycles. The molecule has 5 rings (SSSR count). The van der Waals surface area contributed by atoms with Crippen LogP contribution in [0.3, 0.4) is 0 Å². The van der Waals surface area contributed by atoms with Crippen molar-refractivity contribution in [3.05, 3.63) is 149 Å². The van der Waals surface area contributed by atoms with Crippen LogP contribution >= 0.6 is 0 Å². The van der Waals surface area contributed by atoms with Crippen molar-refractivity contribution in [3.63, 3.8) is 0 Å². The molecule has 0 radical (unpaired) electrons. The number of carbonyl (C=O) groups is 1. The molecule has 5 aromatic rings. The van der Waals surface area contributed by atoms with Crippen LogP contribution in [0, 0.1) is 0 Å². The quantitative estimate of drug-likeness (QED) is 0.0342. The SMILES string of the molecule is NC(=O)CCNC[C@H](Cc1ccc(O)cc1)NC[C@H](Cc1ccc(O)cc1)NC[C@H](Cc1ccc(O)cc1)NC[C@H](Cc1ccc(O)cc1)NCC(N)Cc1ccc(O)cc1. The van der Waals surface area contributed by atoms with Crippen LogP contribution in [-0.2, 0) is 36.9 Å². The van der Waals surface area contributed by atoms with Gasteiger partial charge in [-0.05, 0) is 121 Å². The number of hydrogen-bond acceptors (Lipinski definition) is 12. The van der Waals surface area contributed by atoms with Crippen molar-refractivity contribution in [1.82, 2.24) is 26.6 Å². The molecule has 0 aliphatic rings. The van der Waals surface area contributed by atoms with E-state index < -0.39 is 0 Å². The molecule has 0 aliphatic heterocycles. The summed E-state index contributed by atoms with van der Waals surface area (Å²) in [5.41, 5.74) is 17.3. The standard InChI is InChI=1S/C48H63N7O6/c49-38(23-33-1-11-43(56)12-2-33)28-52-40(25-35-5-15-45(58)16-6-35)30-54-42(27-37-9-19-47(60)20-10-37)32-55-41(26-36-7-17-46(59)18-8-36)31-53-39(29-51-22-21-48(50)61)24-34-3-13-44(57)14-4-34/h1-20,38-42,51-60H,21-32,49H2,(H2,50,61)/t38?,39-,40-,41-,42-/m0/s1. The number of benzene rings is 5. The molecule has 13 heteroatoms. The number of nitrogens with one attached hydrogen (secondary N) is 5. The summed E-state index contributed by atoms with van der Waals surface area (Å²) in [6.45, 7) is 3.46. The summed E-state index contributed by atoms with van der Waals surface area (Å²) in [5, 5.41) is 68.1. The van der Waals surface area contributed by atoms with Gasteiger partial charge < -0.3 is 63.6 Å². The van der Waals surface area contributed by atoms with Crippen LogP contribution < -0.4 is 38.1 Å². The summed E-state index contributed by atoms with van der Waals surface area (Å²) in [7, 11) is 0.